The summed E-state index contributed by atoms with van der Waals surface area (Å²) in [6, 6.07) is 9.62. The highest BCUT2D eigenvalue weighted by Crippen LogP contribution is 2.16. The monoisotopic (exact) mass is 290 g/mol. The number of alkyl halides is 1. The van der Waals surface area contributed by atoms with E-state index in [1.54, 1.807) is 6.20 Å². The van der Waals surface area contributed by atoms with Crippen LogP contribution in [0.25, 0.3) is 10.8 Å². The number of nitrogens with zero attached hydrogens (tertiary/aromatic N) is 1. The van der Waals surface area contributed by atoms with Crippen molar-refractivity contribution in [1.29, 1.82) is 0 Å². The number of benzene rings is 1. The minimum absolute atomic E-state index is 0.0232. The van der Waals surface area contributed by atoms with E-state index in [-0.39, 0.29) is 11.9 Å². The molecule has 1 aromatic carbocycles. The lowest BCUT2D eigenvalue weighted by molar-refractivity contribution is 0.0933. The molecule has 106 valence electrons. The van der Waals surface area contributed by atoms with Gasteiger partial charge in [-0.3, -0.25) is 9.78 Å². The molecule has 4 heteroatoms. The molecule has 2 rings (SSSR count). The van der Waals surface area contributed by atoms with Crippen LogP contribution in [0.1, 0.15) is 30.8 Å². The molecule has 20 heavy (non-hydrogen) atoms. The number of halogens is 1. The number of hydrogen-bond donors (Lipinski definition) is 1. The van der Waals surface area contributed by atoms with Gasteiger partial charge in [0.2, 0.25) is 0 Å². The van der Waals surface area contributed by atoms with Gasteiger partial charge in [0.1, 0.15) is 5.69 Å². The summed E-state index contributed by atoms with van der Waals surface area (Å²) < 4.78 is 0. The molecule has 2 aromatic rings. The van der Waals surface area contributed by atoms with Gasteiger partial charge in [0, 0.05) is 23.5 Å². The number of nitrogens with one attached hydrogen (secondary N) is 1. The summed E-state index contributed by atoms with van der Waals surface area (Å²) in [5.74, 6) is 0.738. The van der Waals surface area contributed by atoms with Crippen molar-refractivity contribution < 1.29 is 4.79 Å². The number of hydrogen-bond acceptors (Lipinski definition) is 2. The first-order chi connectivity index (χ1) is 9.61. The number of carbonyl (C=O) groups excluding carboxylic acids is 1. The number of fused-ring (bicyclic) bond motifs is 1. The van der Waals surface area contributed by atoms with Crippen LogP contribution in [0.2, 0.25) is 0 Å². The van der Waals surface area contributed by atoms with E-state index in [9.17, 15) is 4.79 Å². The van der Waals surface area contributed by atoms with E-state index < -0.39 is 0 Å². The number of aromatic nitrogens is 1. The third-order valence-electron chi connectivity index (χ3n) is 3.17. The van der Waals surface area contributed by atoms with Crippen molar-refractivity contribution in [3.05, 3.63) is 42.2 Å². The van der Waals surface area contributed by atoms with E-state index in [0.29, 0.717) is 17.5 Å². The minimum atomic E-state index is -0.159. The van der Waals surface area contributed by atoms with Gasteiger partial charge in [0.15, 0.2) is 0 Å². The molecule has 1 amide bonds. The van der Waals surface area contributed by atoms with Crippen molar-refractivity contribution in [3.8, 4) is 0 Å². The molecule has 3 nitrogen and oxygen atoms in total. The lowest BCUT2D eigenvalue weighted by Crippen LogP contribution is -2.37. The van der Waals surface area contributed by atoms with Gasteiger partial charge < -0.3 is 5.32 Å². The van der Waals surface area contributed by atoms with E-state index in [0.717, 1.165) is 17.2 Å². The van der Waals surface area contributed by atoms with E-state index in [1.807, 2.05) is 30.3 Å². The fourth-order valence-electron chi connectivity index (χ4n) is 2.28. The smallest absolute Gasteiger partial charge is 0.270 e. The summed E-state index contributed by atoms with van der Waals surface area (Å²) in [6.07, 6.45) is 2.52. The fourth-order valence-corrected chi connectivity index (χ4v) is 2.49. The van der Waals surface area contributed by atoms with Gasteiger partial charge in [-0.05, 0) is 23.8 Å². The fraction of sp³-hybridized carbons (Fsp3) is 0.375. The van der Waals surface area contributed by atoms with Gasteiger partial charge in [-0.1, -0.05) is 38.1 Å². The van der Waals surface area contributed by atoms with Gasteiger partial charge in [-0.25, -0.2) is 0 Å². The summed E-state index contributed by atoms with van der Waals surface area (Å²) in [4.78, 5) is 16.6. The van der Waals surface area contributed by atoms with Crippen LogP contribution in [0.3, 0.4) is 0 Å². The highest BCUT2D eigenvalue weighted by molar-refractivity contribution is 6.18. The van der Waals surface area contributed by atoms with Gasteiger partial charge in [0.05, 0.1) is 0 Å². The summed E-state index contributed by atoms with van der Waals surface area (Å²) in [7, 11) is 0. The predicted octanol–water partition coefficient (Wildman–Crippen LogP) is 3.62. The summed E-state index contributed by atoms with van der Waals surface area (Å²) in [5, 5.41) is 4.85. The van der Waals surface area contributed by atoms with E-state index >= 15 is 0 Å². The molecule has 1 atom stereocenters. The van der Waals surface area contributed by atoms with E-state index in [2.05, 4.69) is 24.1 Å². The highest BCUT2D eigenvalue weighted by Gasteiger charge is 2.17. The zero-order valence-electron chi connectivity index (χ0n) is 11.8. The van der Waals surface area contributed by atoms with Crippen molar-refractivity contribution in [2.75, 3.05) is 5.88 Å². The van der Waals surface area contributed by atoms with Crippen LogP contribution in [-0.2, 0) is 0 Å². The molecule has 0 saturated heterocycles. The number of amides is 1. The van der Waals surface area contributed by atoms with Crippen LogP contribution in [0.15, 0.2) is 36.5 Å². The first-order valence-electron chi connectivity index (χ1n) is 6.82. The van der Waals surface area contributed by atoms with Crippen LogP contribution in [0, 0.1) is 5.92 Å². The SMILES string of the molecule is CC(C)CC(CCl)NC(=O)c1nccc2ccccc12. The Kier molecular flexibility index (Phi) is 4.96. The first kappa shape index (κ1) is 14.8. The van der Waals surface area contributed by atoms with Crippen LogP contribution >= 0.6 is 11.6 Å². The molecule has 1 N–H and O–H groups in total. The quantitative estimate of drug-likeness (QED) is 0.855. The largest absolute Gasteiger partial charge is 0.347 e. The van der Waals surface area contributed by atoms with E-state index in [1.165, 1.54) is 0 Å². The second-order valence-corrected chi connectivity index (χ2v) is 5.64. The molecule has 1 aromatic heterocycles. The predicted molar refractivity (Wildman–Crippen MR) is 83.2 cm³/mol. The molecule has 0 aliphatic heterocycles. The highest BCUT2D eigenvalue weighted by atomic mass is 35.5. The Morgan fingerprint density at radius 2 is 2.05 bits per heavy atom. The Labute approximate surface area is 124 Å². The minimum Gasteiger partial charge on any atom is -0.347 e. The topological polar surface area (TPSA) is 42.0 Å². The molecule has 1 unspecified atom stereocenters. The molecule has 0 radical (unpaired) electrons. The van der Waals surface area contributed by atoms with Crippen molar-refractivity contribution in [2.45, 2.75) is 26.3 Å². The molecule has 0 aliphatic carbocycles. The second-order valence-electron chi connectivity index (χ2n) is 5.33. The Bertz CT molecular complexity index is 593. The molecule has 0 fully saturated rings. The van der Waals surface area contributed by atoms with Crippen LogP contribution in [0.4, 0.5) is 0 Å². The Hall–Kier alpha value is -1.61. The lowest BCUT2D eigenvalue weighted by atomic mass is 10.0. The van der Waals surface area contributed by atoms with Crippen molar-refractivity contribution in [3.63, 3.8) is 0 Å². The zero-order valence-corrected chi connectivity index (χ0v) is 12.5. The lowest BCUT2D eigenvalue weighted by Gasteiger charge is -2.18. The number of pyridine rings is 1. The van der Waals surface area contributed by atoms with Crippen molar-refractivity contribution >= 4 is 28.3 Å². The third kappa shape index (κ3) is 3.48. The number of carbonyl (C=O) groups is 1. The van der Waals surface area contributed by atoms with Crippen molar-refractivity contribution in [1.82, 2.24) is 10.3 Å². The average molecular weight is 291 g/mol. The standard InChI is InChI=1S/C16H19ClN2O/c1-11(2)9-13(10-17)19-16(20)15-14-6-4-3-5-12(14)7-8-18-15/h3-8,11,13H,9-10H2,1-2H3,(H,19,20). The Morgan fingerprint density at radius 3 is 2.75 bits per heavy atom. The summed E-state index contributed by atoms with van der Waals surface area (Å²) >= 11 is 5.93. The average Bonchev–Trinajstić information content (AvgIpc) is 2.45. The summed E-state index contributed by atoms with van der Waals surface area (Å²) in [6.45, 7) is 4.23. The molecular weight excluding hydrogens is 272 g/mol. The third-order valence-corrected chi connectivity index (χ3v) is 3.54. The van der Waals surface area contributed by atoms with E-state index in [4.69, 9.17) is 11.6 Å². The van der Waals surface area contributed by atoms with Crippen LogP contribution in [-0.4, -0.2) is 22.8 Å². The van der Waals surface area contributed by atoms with Gasteiger partial charge in [-0.2, -0.15) is 0 Å². The first-order valence-corrected chi connectivity index (χ1v) is 7.36. The maximum Gasteiger partial charge on any atom is 0.270 e. The molecule has 0 saturated carbocycles. The maximum absolute atomic E-state index is 12.4. The molecule has 1 heterocycles. The molecule has 0 bridgehead atoms. The molecule has 0 aliphatic rings. The zero-order chi connectivity index (χ0) is 14.5. The van der Waals surface area contributed by atoms with Gasteiger partial charge >= 0.3 is 0 Å². The maximum atomic E-state index is 12.4. The molecular formula is C16H19ClN2O. The number of rotatable bonds is 5. The summed E-state index contributed by atoms with van der Waals surface area (Å²) in [5.41, 5.74) is 0.460. The second kappa shape index (κ2) is 6.71. The Balaban J connectivity index is 2.23. The Morgan fingerprint density at radius 1 is 1.30 bits per heavy atom. The van der Waals surface area contributed by atoms with Crippen molar-refractivity contribution in [2.24, 2.45) is 5.92 Å². The van der Waals surface area contributed by atoms with Gasteiger partial charge in [0.25, 0.3) is 5.91 Å². The normalized spacial score (nSPS) is 12.6. The van der Waals surface area contributed by atoms with Gasteiger partial charge in [-0.15, -0.1) is 11.6 Å². The van der Waals surface area contributed by atoms with Crippen LogP contribution in [0.5, 0.6) is 0 Å². The molecule has 0 spiro atoms. The van der Waals surface area contributed by atoms with Crippen LogP contribution < -0.4 is 5.32 Å².